The van der Waals surface area contributed by atoms with Gasteiger partial charge in [0.1, 0.15) is 11.5 Å². The lowest BCUT2D eigenvalue weighted by atomic mass is 9.83. The van der Waals surface area contributed by atoms with Gasteiger partial charge in [-0.25, -0.2) is 9.97 Å². The van der Waals surface area contributed by atoms with Crippen LogP contribution in [0.3, 0.4) is 0 Å². The van der Waals surface area contributed by atoms with E-state index in [-0.39, 0.29) is 11.5 Å². The molecule has 1 saturated heterocycles. The second-order valence-electron chi connectivity index (χ2n) is 5.90. The van der Waals surface area contributed by atoms with Gasteiger partial charge in [-0.15, -0.1) is 0 Å². The average molecular weight is 301 g/mol. The maximum atomic E-state index is 5.83. The van der Waals surface area contributed by atoms with Crippen LogP contribution in [0.15, 0.2) is 16.9 Å². The number of aromatic nitrogens is 4. The molecule has 0 radical (unpaired) electrons. The number of rotatable bonds is 4. The average Bonchev–Trinajstić information content (AvgIpc) is 3.23. The third kappa shape index (κ3) is 2.08. The van der Waals surface area contributed by atoms with Crippen molar-refractivity contribution in [3.8, 4) is 11.5 Å². The quantitative estimate of drug-likeness (QED) is 0.926. The first kappa shape index (κ1) is 13.6. The van der Waals surface area contributed by atoms with E-state index in [1.54, 1.807) is 12.4 Å². The standard InChI is InChI=1S/C15H19N5O2/c1-2-16-12-9-17-10(8-18-12)13-19-14(22-20-13)15-5-3-4-11(15)21-7-6-15/h8-9,11H,2-7H2,1H3,(H,16,18)/t11-,15+/m1/s1. The fraction of sp³-hybridized carbons (Fsp3) is 0.600. The van der Waals surface area contributed by atoms with E-state index in [1.165, 1.54) is 0 Å². The lowest BCUT2D eigenvalue weighted by Crippen LogP contribution is -2.30. The summed E-state index contributed by atoms with van der Waals surface area (Å²) >= 11 is 0. The van der Waals surface area contributed by atoms with Gasteiger partial charge in [0.05, 0.1) is 23.9 Å². The van der Waals surface area contributed by atoms with Gasteiger partial charge >= 0.3 is 0 Å². The Morgan fingerprint density at radius 2 is 2.27 bits per heavy atom. The lowest BCUT2D eigenvalue weighted by molar-refractivity contribution is 0.0847. The molecule has 0 unspecified atom stereocenters. The highest BCUT2D eigenvalue weighted by atomic mass is 16.5. The summed E-state index contributed by atoms with van der Waals surface area (Å²) < 4.78 is 11.4. The number of hydrogen-bond acceptors (Lipinski definition) is 7. The zero-order valence-corrected chi connectivity index (χ0v) is 12.6. The second kappa shape index (κ2) is 5.31. The minimum absolute atomic E-state index is 0.0810. The molecule has 2 fully saturated rings. The Labute approximate surface area is 128 Å². The molecule has 22 heavy (non-hydrogen) atoms. The zero-order chi connectivity index (χ0) is 15.0. The molecule has 0 amide bonds. The largest absolute Gasteiger partial charge is 0.377 e. The van der Waals surface area contributed by atoms with Crippen LogP contribution in [-0.4, -0.2) is 39.4 Å². The zero-order valence-electron chi connectivity index (χ0n) is 12.6. The van der Waals surface area contributed by atoms with Gasteiger partial charge in [0.25, 0.3) is 0 Å². The molecular formula is C15H19N5O2. The Morgan fingerprint density at radius 3 is 3.09 bits per heavy atom. The smallest absolute Gasteiger partial charge is 0.235 e. The highest BCUT2D eigenvalue weighted by Gasteiger charge is 2.52. The van der Waals surface area contributed by atoms with Crippen LogP contribution in [0.25, 0.3) is 11.5 Å². The van der Waals surface area contributed by atoms with E-state index in [0.717, 1.165) is 44.7 Å². The molecule has 0 bridgehead atoms. The maximum absolute atomic E-state index is 5.83. The highest BCUT2D eigenvalue weighted by Crippen LogP contribution is 2.48. The van der Waals surface area contributed by atoms with Crippen molar-refractivity contribution in [1.29, 1.82) is 0 Å². The minimum Gasteiger partial charge on any atom is -0.377 e. The van der Waals surface area contributed by atoms with Gasteiger partial charge in [0, 0.05) is 13.2 Å². The number of ether oxygens (including phenoxy) is 1. The summed E-state index contributed by atoms with van der Waals surface area (Å²) in [5.41, 5.74) is 0.545. The molecule has 0 aromatic carbocycles. The maximum Gasteiger partial charge on any atom is 0.235 e. The summed E-state index contributed by atoms with van der Waals surface area (Å²) in [7, 11) is 0. The van der Waals surface area contributed by atoms with Crippen LogP contribution >= 0.6 is 0 Å². The molecule has 4 rings (SSSR count). The van der Waals surface area contributed by atoms with Crippen molar-refractivity contribution >= 4 is 5.82 Å². The Kier molecular flexibility index (Phi) is 3.29. The SMILES string of the molecule is CCNc1cnc(-c2noc([C@]34CCC[C@H]3OCC4)n2)cn1. The van der Waals surface area contributed by atoms with E-state index < -0.39 is 0 Å². The van der Waals surface area contributed by atoms with Gasteiger partial charge in [-0.1, -0.05) is 5.16 Å². The number of nitrogens with zero attached hydrogens (tertiary/aromatic N) is 4. The van der Waals surface area contributed by atoms with E-state index >= 15 is 0 Å². The monoisotopic (exact) mass is 301 g/mol. The summed E-state index contributed by atoms with van der Waals surface area (Å²) in [5.74, 6) is 1.94. The summed E-state index contributed by atoms with van der Waals surface area (Å²) in [6.45, 7) is 3.60. The molecule has 1 aliphatic heterocycles. The number of anilines is 1. The van der Waals surface area contributed by atoms with Gasteiger partial charge in [0.2, 0.25) is 11.7 Å². The molecule has 7 heteroatoms. The summed E-state index contributed by atoms with van der Waals surface area (Å²) in [5, 5.41) is 7.21. The van der Waals surface area contributed by atoms with Crippen molar-refractivity contribution in [1.82, 2.24) is 20.1 Å². The summed E-state index contributed by atoms with van der Waals surface area (Å²) in [6.07, 6.45) is 7.83. The van der Waals surface area contributed by atoms with Crippen LogP contribution in [0.1, 0.15) is 38.5 Å². The van der Waals surface area contributed by atoms with E-state index in [2.05, 4.69) is 25.4 Å². The number of fused-ring (bicyclic) bond motifs is 1. The minimum atomic E-state index is -0.0810. The van der Waals surface area contributed by atoms with Crippen molar-refractivity contribution < 1.29 is 9.26 Å². The van der Waals surface area contributed by atoms with Crippen molar-refractivity contribution in [2.24, 2.45) is 0 Å². The molecule has 7 nitrogen and oxygen atoms in total. The van der Waals surface area contributed by atoms with Crippen molar-refractivity contribution in [3.63, 3.8) is 0 Å². The third-order valence-corrected chi connectivity index (χ3v) is 4.66. The highest BCUT2D eigenvalue weighted by molar-refractivity contribution is 5.48. The number of nitrogens with one attached hydrogen (secondary N) is 1. The van der Waals surface area contributed by atoms with Crippen LogP contribution < -0.4 is 5.32 Å². The summed E-state index contributed by atoms with van der Waals surface area (Å²) in [6, 6.07) is 0. The van der Waals surface area contributed by atoms with Crippen LogP contribution in [0.4, 0.5) is 5.82 Å². The Morgan fingerprint density at radius 1 is 1.32 bits per heavy atom. The fourth-order valence-corrected chi connectivity index (χ4v) is 3.55. The van der Waals surface area contributed by atoms with Crippen molar-refractivity contribution in [2.45, 2.75) is 44.1 Å². The van der Waals surface area contributed by atoms with E-state index in [1.807, 2.05) is 6.92 Å². The van der Waals surface area contributed by atoms with Gasteiger partial charge in [-0.05, 0) is 32.6 Å². The third-order valence-electron chi connectivity index (χ3n) is 4.66. The van der Waals surface area contributed by atoms with Crippen LogP contribution in [0.5, 0.6) is 0 Å². The van der Waals surface area contributed by atoms with Crippen LogP contribution in [0.2, 0.25) is 0 Å². The molecule has 2 aliphatic rings. The van der Waals surface area contributed by atoms with E-state index in [4.69, 9.17) is 9.26 Å². The van der Waals surface area contributed by atoms with E-state index in [0.29, 0.717) is 17.4 Å². The normalized spacial score (nSPS) is 27.0. The molecule has 116 valence electrons. The fourth-order valence-electron chi connectivity index (χ4n) is 3.55. The predicted molar refractivity (Wildman–Crippen MR) is 79.4 cm³/mol. The van der Waals surface area contributed by atoms with Gasteiger partial charge in [-0.3, -0.25) is 0 Å². The first-order chi connectivity index (χ1) is 10.8. The number of hydrogen-bond donors (Lipinski definition) is 1. The molecule has 2 atom stereocenters. The first-order valence-corrected chi connectivity index (χ1v) is 7.84. The molecule has 2 aromatic heterocycles. The molecule has 0 spiro atoms. The molecule has 1 N–H and O–H groups in total. The molecule has 3 heterocycles. The first-order valence-electron chi connectivity index (χ1n) is 7.84. The molecular weight excluding hydrogens is 282 g/mol. The Balaban J connectivity index is 1.61. The topological polar surface area (TPSA) is 86.0 Å². The second-order valence-corrected chi connectivity index (χ2v) is 5.90. The van der Waals surface area contributed by atoms with Crippen molar-refractivity contribution in [3.05, 3.63) is 18.3 Å². The molecule has 1 aliphatic carbocycles. The molecule has 1 saturated carbocycles. The lowest BCUT2D eigenvalue weighted by Gasteiger charge is -2.22. The Bertz CT molecular complexity index is 644. The van der Waals surface area contributed by atoms with Gasteiger partial charge < -0.3 is 14.6 Å². The predicted octanol–water partition coefficient (Wildman–Crippen LogP) is 2.17. The van der Waals surface area contributed by atoms with E-state index in [9.17, 15) is 0 Å². The van der Waals surface area contributed by atoms with Gasteiger partial charge in [0.15, 0.2) is 0 Å². The Hall–Kier alpha value is -2.02. The van der Waals surface area contributed by atoms with Crippen molar-refractivity contribution in [2.75, 3.05) is 18.5 Å². The van der Waals surface area contributed by atoms with Gasteiger partial charge in [-0.2, -0.15) is 4.98 Å². The van der Waals surface area contributed by atoms with Crippen LogP contribution in [0, 0.1) is 0 Å². The summed E-state index contributed by atoms with van der Waals surface area (Å²) in [4.78, 5) is 13.2. The van der Waals surface area contributed by atoms with Crippen LogP contribution in [-0.2, 0) is 10.2 Å². The molecule has 2 aromatic rings.